The van der Waals surface area contributed by atoms with Gasteiger partial charge in [0.25, 0.3) is 0 Å². The van der Waals surface area contributed by atoms with E-state index in [-0.39, 0.29) is 29.2 Å². The number of aromatic amines is 1. The van der Waals surface area contributed by atoms with Crippen LogP contribution in [-0.4, -0.2) is 30.0 Å². The van der Waals surface area contributed by atoms with E-state index in [0.717, 1.165) is 31.1 Å². The Labute approximate surface area is 173 Å². The first-order chi connectivity index (χ1) is 14.4. The number of hydrogen-bond donors (Lipinski definition) is 3. The number of fused-ring (bicyclic) bond motifs is 1. The Morgan fingerprint density at radius 2 is 1.97 bits per heavy atom. The van der Waals surface area contributed by atoms with Crippen molar-refractivity contribution in [2.45, 2.75) is 25.7 Å². The SMILES string of the molecule is O=C(Nc1cc(-c2ccc(NS(=O)(=O)CC3CC3)c(F)c2)c2cc[nH]c2n1)C1CC1. The number of halogens is 1. The molecule has 2 aromatic heterocycles. The highest BCUT2D eigenvalue weighted by Crippen LogP contribution is 2.34. The van der Waals surface area contributed by atoms with Crippen molar-refractivity contribution in [3.8, 4) is 11.1 Å². The number of nitrogens with zero attached hydrogens (tertiary/aromatic N) is 1. The van der Waals surface area contributed by atoms with Crippen LogP contribution >= 0.6 is 0 Å². The van der Waals surface area contributed by atoms with Gasteiger partial charge in [-0.2, -0.15) is 0 Å². The van der Waals surface area contributed by atoms with Gasteiger partial charge in [-0.3, -0.25) is 9.52 Å². The highest BCUT2D eigenvalue weighted by molar-refractivity contribution is 7.92. The minimum Gasteiger partial charge on any atom is -0.346 e. The number of rotatable bonds is 7. The Balaban J connectivity index is 1.46. The van der Waals surface area contributed by atoms with Crippen LogP contribution in [0.5, 0.6) is 0 Å². The van der Waals surface area contributed by atoms with E-state index in [0.29, 0.717) is 22.6 Å². The average Bonchev–Trinajstić information content (AvgIpc) is 3.62. The minimum absolute atomic E-state index is 0.0204. The molecule has 0 saturated heterocycles. The summed E-state index contributed by atoms with van der Waals surface area (Å²) in [5.74, 6) is -0.0943. The maximum atomic E-state index is 14.7. The Morgan fingerprint density at radius 1 is 1.17 bits per heavy atom. The molecule has 2 saturated carbocycles. The van der Waals surface area contributed by atoms with Gasteiger partial charge in [-0.1, -0.05) is 6.07 Å². The van der Waals surface area contributed by atoms with Crippen LogP contribution in [0.2, 0.25) is 0 Å². The molecule has 2 fully saturated rings. The molecule has 0 bridgehead atoms. The second-order valence-corrected chi connectivity index (χ2v) is 9.85. The molecule has 9 heteroatoms. The van der Waals surface area contributed by atoms with Gasteiger partial charge in [0.05, 0.1) is 11.4 Å². The summed E-state index contributed by atoms with van der Waals surface area (Å²) in [4.78, 5) is 19.6. The summed E-state index contributed by atoms with van der Waals surface area (Å²) in [6.45, 7) is 0. The maximum Gasteiger partial charge on any atom is 0.233 e. The van der Waals surface area contributed by atoms with Gasteiger partial charge in [0, 0.05) is 17.5 Å². The Kier molecular flexibility index (Phi) is 4.50. The number of nitrogens with one attached hydrogen (secondary N) is 3. The zero-order valence-electron chi connectivity index (χ0n) is 16.1. The third kappa shape index (κ3) is 4.02. The number of hydrogen-bond acceptors (Lipinski definition) is 4. The van der Waals surface area contributed by atoms with Gasteiger partial charge in [-0.25, -0.2) is 17.8 Å². The molecule has 1 aromatic carbocycles. The van der Waals surface area contributed by atoms with Crippen LogP contribution in [-0.2, 0) is 14.8 Å². The summed E-state index contributed by atoms with van der Waals surface area (Å²) in [5.41, 5.74) is 1.76. The van der Waals surface area contributed by atoms with Crippen molar-refractivity contribution in [3.05, 3.63) is 42.3 Å². The van der Waals surface area contributed by atoms with Crippen LogP contribution in [0.4, 0.5) is 15.9 Å². The van der Waals surface area contributed by atoms with E-state index in [2.05, 4.69) is 20.0 Å². The maximum absolute atomic E-state index is 14.7. The normalized spacial score (nSPS) is 16.6. The fraction of sp³-hybridized carbons (Fsp3) is 0.333. The summed E-state index contributed by atoms with van der Waals surface area (Å²) < 4.78 is 41.4. The first-order valence-electron chi connectivity index (χ1n) is 9.97. The molecule has 30 heavy (non-hydrogen) atoms. The van der Waals surface area contributed by atoms with E-state index in [9.17, 15) is 17.6 Å². The third-order valence-corrected chi connectivity index (χ3v) is 6.87. The van der Waals surface area contributed by atoms with Crippen LogP contribution in [0.25, 0.3) is 22.2 Å². The van der Waals surface area contributed by atoms with Gasteiger partial charge < -0.3 is 10.3 Å². The van der Waals surface area contributed by atoms with Crippen molar-refractivity contribution < 1.29 is 17.6 Å². The summed E-state index contributed by atoms with van der Waals surface area (Å²) in [6, 6.07) is 7.92. The zero-order chi connectivity index (χ0) is 20.9. The molecule has 3 aromatic rings. The number of pyridine rings is 1. The van der Waals surface area contributed by atoms with Gasteiger partial charge in [0.1, 0.15) is 17.3 Å². The smallest absolute Gasteiger partial charge is 0.233 e. The van der Waals surface area contributed by atoms with Gasteiger partial charge in [-0.05, 0) is 67.0 Å². The average molecular weight is 428 g/mol. The predicted octanol–water partition coefficient (Wildman–Crippen LogP) is 3.87. The van der Waals surface area contributed by atoms with Crippen LogP contribution < -0.4 is 10.0 Å². The van der Waals surface area contributed by atoms with Crippen LogP contribution in [0.3, 0.4) is 0 Å². The molecule has 1 amide bonds. The number of carbonyl (C=O) groups is 1. The number of benzene rings is 1. The molecule has 0 atom stereocenters. The molecule has 0 spiro atoms. The van der Waals surface area contributed by atoms with Crippen LogP contribution in [0.1, 0.15) is 25.7 Å². The van der Waals surface area contributed by atoms with E-state index in [1.807, 2.05) is 6.07 Å². The highest BCUT2D eigenvalue weighted by Gasteiger charge is 2.30. The van der Waals surface area contributed by atoms with Gasteiger partial charge >= 0.3 is 0 Å². The van der Waals surface area contributed by atoms with E-state index in [1.54, 1.807) is 18.3 Å². The first kappa shape index (κ1) is 19.0. The van der Waals surface area contributed by atoms with Gasteiger partial charge in [-0.15, -0.1) is 0 Å². The highest BCUT2D eigenvalue weighted by atomic mass is 32.2. The Hall–Kier alpha value is -2.94. The monoisotopic (exact) mass is 428 g/mol. The quantitative estimate of drug-likeness (QED) is 0.531. The lowest BCUT2D eigenvalue weighted by Gasteiger charge is -2.12. The summed E-state index contributed by atoms with van der Waals surface area (Å²) in [6.07, 6.45) is 5.29. The van der Waals surface area contributed by atoms with Gasteiger partial charge in [0.15, 0.2) is 0 Å². The minimum atomic E-state index is -3.57. The van der Waals surface area contributed by atoms with Crippen molar-refractivity contribution in [3.63, 3.8) is 0 Å². The molecule has 2 heterocycles. The molecule has 156 valence electrons. The molecule has 7 nitrogen and oxygen atoms in total. The third-order valence-electron chi connectivity index (χ3n) is 5.43. The summed E-state index contributed by atoms with van der Waals surface area (Å²) in [5, 5.41) is 3.60. The molecular weight excluding hydrogens is 407 g/mol. The van der Waals surface area contributed by atoms with Crippen molar-refractivity contribution in [1.29, 1.82) is 0 Å². The number of aromatic nitrogens is 2. The number of sulfonamides is 1. The Morgan fingerprint density at radius 3 is 2.67 bits per heavy atom. The second kappa shape index (κ2) is 7.09. The lowest BCUT2D eigenvalue weighted by atomic mass is 10.0. The van der Waals surface area contributed by atoms with Crippen molar-refractivity contribution in [2.75, 3.05) is 15.8 Å². The van der Waals surface area contributed by atoms with E-state index >= 15 is 0 Å². The van der Waals surface area contributed by atoms with Crippen molar-refractivity contribution in [1.82, 2.24) is 9.97 Å². The molecule has 0 radical (unpaired) electrons. The predicted molar refractivity (Wildman–Crippen MR) is 113 cm³/mol. The van der Waals surface area contributed by atoms with Gasteiger partial charge in [0.2, 0.25) is 15.9 Å². The standard InChI is InChI=1S/C21H21FN4O3S/c22-17-9-14(5-6-18(17)26-30(28,29)11-12-1-2-12)16-10-19(25-21(27)13-3-4-13)24-20-15(16)7-8-23-20/h5-10,12-13,26H,1-4,11H2,(H2,23,24,25,27). The molecular formula is C21H21FN4O3S. The lowest BCUT2D eigenvalue weighted by molar-refractivity contribution is -0.117. The summed E-state index contributed by atoms with van der Waals surface area (Å²) in [7, 11) is -3.57. The number of H-pyrrole nitrogens is 1. The molecule has 5 rings (SSSR count). The molecule has 0 aliphatic heterocycles. The van der Waals surface area contributed by atoms with Crippen molar-refractivity contribution in [2.24, 2.45) is 11.8 Å². The lowest BCUT2D eigenvalue weighted by Crippen LogP contribution is -2.18. The largest absolute Gasteiger partial charge is 0.346 e. The zero-order valence-corrected chi connectivity index (χ0v) is 16.9. The second-order valence-electron chi connectivity index (χ2n) is 8.08. The molecule has 0 unspecified atom stereocenters. The first-order valence-corrected chi connectivity index (χ1v) is 11.6. The fourth-order valence-electron chi connectivity index (χ4n) is 3.48. The Bertz CT molecular complexity index is 1250. The molecule has 2 aliphatic rings. The van der Waals surface area contributed by atoms with E-state index in [1.165, 1.54) is 12.1 Å². The fourth-order valence-corrected chi connectivity index (χ4v) is 5.02. The number of anilines is 2. The topological polar surface area (TPSA) is 104 Å². The summed E-state index contributed by atoms with van der Waals surface area (Å²) >= 11 is 0. The van der Waals surface area contributed by atoms with Crippen LogP contribution in [0.15, 0.2) is 36.5 Å². The molecule has 2 aliphatic carbocycles. The number of amides is 1. The molecule has 3 N–H and O–H groups in total. The number of carbonyl (C=O) groups excluding carboxylic acids is 1. The van der Waals surface area contributed by atoms with Crippen molar-refractivity contribution >= 4 is 38.5 Å². The van der Waals surface area contributed by atoms with Crippen LogP contribution in [0, 0.1) is 17.7 Å². The van der Waals surface area contributed by atoms with E-state index in [4.69, 9.17) is 0 Å². The van der Waals surface area contributed by atoms with E-state index < -0.39 is 15.8 Å².